The molecule has 2 unspecified atom stereocenters. The number of carbonyl (C=O) groups is 1. The molecule has 0 aromatic carbocycles. The van der Waals surface area contributed by atoms with Gasteiger partial charge in [-0.05, 0) is 52.1 Å². The molecular formula is C16H32N2O2. The molecule has 118 valence electrons. The van der Waals surface area contributed by atoms with Crippen molar-refractivity contribution in [3.8, 4) is 0 Å². The molecule has 0 aromatic heterocycles. The van der Waals surface area contributed by atoms with Gasteiger partial charge >= 0.3 is 0 Å². The number of hydrogen-bond acceptors (Lipinski definition) is 3. The van der Waals surface area contributed by atoms with Gasteiger partial charge in [0.25, 0.3) is 0 Å². The summed E-state index contributed by atoms with van der Waals surface area (Å²) in [5.74, 6) is 0.548. The summed E-state index contributed by atoms with van der Waals surface area (Å²) in [7, 11) is 0. The first-order valence-electron chi connectivity index (χ1n) is 8.22. The van der Waals surface area contributed by atoms with E-state index in [9.17, 15) is 9.90 Å². The highest BCUT2D eigenvalue weighted by Crippen LogP contribution is 2.20. The molecular weight excluding hydrogens is 252 g/mol. The van der Waals surface area contributed by atoms with E-state index >= 15 is 0 Å². The Morgan fingerprint density at radius 3 is 2.50 bits per heavy atom. The lowest BCUT2D eigenvalue weighted by Crippen LogP contribution is -2.44. The number of nitrogens with zero attached hydrogens (tertiary/aromatic N) is 1. The zero-order valence-corrected chi connectivity index (χ0v) is 13.4. The molecule has 1 aliphatic heterocycles. The Balaban J connectivity index is 2.16. The molecule has 1 fully saturated rings. The number of aliphatic hydroxyl groups is 1. The third-order valence-electron chi connectivity index (χ3n) is 4.33. The average molecular weight is 284 g/mol. The normalized spacial score (nSPS) is 20.6. The Morgan fingerprint density at radius 2 is 1.95 bits per heavy atom. The highest BCUT2D eigenvalue weighted by Gasteiger charge is 2.23. The van der Waals surface area contributed by atoms with Crippen LogP contribution in [0.1, 0.15) is 59.3 Å². The van der Waals surface area contributed by atoms with Crippen molar-refractivity contribution in [3.63, 3.8) is 0 Å². The predicted octanol–water partition coefficient (Wildman–Crippen LogP) is 2.16. The number of unbranched alkanes of at least 4 members (excludes halogenated alkanes) is 2. The minimum atomic E-state index is -0.218. The summed E-state index contributed by atoms with van der Waals surface area (Å²) in [6.45, 7) is 8.50. The quantitative estimate of drug-likeness (QED) is 0.672. The van der Waals surface area contributed by atoms with Gasteiger partial charge in [-0.3, -0.25) is 9.69 Å². The molecule has 2 atom stereocenters. The minimum Gasteiger partial charge on any atom is -0.393 e. The molecule has 0 aromatic rings. The topological polar surface area (TPSA) is 52.6 Å². The number of hydrogen-bond donors (Lipinski definition) is 2. The number of rotatable bonds is 8. The van der Waals surface area contributed by atoms with E-state index in [4.69, 9.17) is 0 Å². The number of piperidine rings is 1. The van der Waals surface area contributed by atoms with Crippen molar-refractivity contribution >= 4 is 5.91 Å². The highest BCUT2D eigenvalue weighted by molar-refractivity contribution is 5.78. The van der Waals surface area contributed by atoms with Crippen LogP contribution in [0.4, 0.5) is 0 Å². The smallest absolute Gasteiger partial charge is 0.234 e. The first kappa shape index (κ1) is 17.4. The molecule has 4 nitrogen and oxygen atoms in total. The zero-order chi connectivity index (χ0) is 15.0. The first-order chi connectivity index (χ1) is 9.52. The van der Waals surface area contributed by atoms with Crippen molar-refractivity contribution < 1.29 is 9.90 Å². The van der Waals surface area contributed by atoms with Gasteiger partial charge in [0.1, 0.15) is 0 Å². The zero-order valence-electron chi connectivity index (χ0n) is 13.4. The largest absolute Gasteiger partial charge is 0.393 e. The molecule has 4 heteroatoms. The van der Waals surface area contributed by atoms with Crippen LogP contribution in [-0.2, 0) is 4.79 Å². The maximum Gasteiger partial charge on any atom is 0.234 e. The van der Waals surface area contributed by atoms with Gasteiger partial charge in [-0.1, -0.05) is 26.2 Å². The predicted molar refractivity (Wildman–Crippen MR) is 82.6 cm³/mol. The molecule has 0 spiro atoms. The second-order valence-corrected chi connectivity index (χ2v) is 6.32. The Bertz CT molecular complexity index is 274. The Hall–Kier alpha value is -0.610. The molecule has 20 heavy (non-hydrogen) atoms. The van der Waals surface area contributed by atoms with Crippen LogP contribution < -0.4 is 5.32 Å². The van der Waals surface area contributed by atoms with E-state index in [2.05, 4.69) is 24.1 Å². The molecule has 0 aliphatic carbocycles. The lowest BCUT2D eigenvalue weighted by Gasteiger charge is -2.33. The third kappa shape index (κ3) is 6.71. The van der Waals surface area contributed by atoms with Crippen LogP contribution in [0.3, 0.4) is 0 Å². The van der Waals surface area contributed by atoms with Gasteiger partial charge in [0.2, 0.25) is 5.91 Å². The fraction of sp³-hybridized carbons (Fsp3) is 0.938. The number of aliphatic hydroxyl groups excluding tert-OH is 1. The molecule has 1 heterocycles. The summed E-state index contributed by atoms with van der Waals surface area (Å²) < 4.78 is 0. The van der Waals surface area contributed by atoms with Gasteiger partial charge < -0.3 is 10.4 Å². The second-order valence-electron chi connectivity index (χ2n) is 6.32. The van der Waals surface area contributed by atoms with Crippen molar-refractivity contribution in [3.05, 3.63) is 0 Å². The van der Waals surface area contributed by atoms with Crippen LogP contribution in [0, 0.1) is 5.92 Å². The van der Waals surface area contributed by atoms with Crippen LogP contribution >= 0.6 is 0 Å². The van der Waals surface area contributed by atoms with Gasteiger partial charge in [-0.25, -0.2) is 0 Å². The summed E-state index contributed by atoms with van der Waals surface area (Å²) in [5.41, 5.74) is 0. The van der Waals surface area contributed by atoms with E-state index in [1.165, 1.54) is 19.3 Å². The van der Waals surface area contributed by atoms with Gasteiger partial charge in [0, 0.05) is 6.04 Å². The van der Waals surface area contributed by atoms with Gasteiger partial charge in [0.15, 0.2) is 0 Å². The SMILES string of the molecule is CCCCCC(C)NC(=O)CN1CCC(C(C)O)CC1. The van der Waals surface area contributed by atoms with E-state index in [0.29, 0.717) is 12.5 Å². The van der Waals surface area contributed by atoms with Gasteiger partial charge in [-0.15, -0.1) is 0 Å². The summed E-state index contributed by atoms with van der Waals surface area (Å²) in [4.78, 5) is 14.2. The van der Waals surface area contributed by atoms with Crippen molar-refractivity contribution in [2.45, 2.75) is 71.4 Å². The van der Waals surface area contributed by atoms with E-state index in [1.807, 2.05) is 6.92 Å². The van der Waals surface area contributed by atoms with E-state index in [0.717, 1.165) is 32.4 Å². The van der Waals surface area contributed by atoms with Crippen LogP contribution in [0.25, 0.3) is 0 Å². The van der Waals surface area contributed by atoms with Gasteiger partial charge in [0.05, 0.1) is 12.6 Å². The molecule has 0 saturated carbocycles. The lowest BCUT2D eigenvalue weighted by molar-refractivity contribution is -0.123. The monoisotopic (exact) mass is 284 g/mol. The maximum absolute atomic E-state index is 12.0. The van der Waals surface area contributed by atoms with E-state index in [-0.39, 0.29) is 18.1 Å². The summed E-state index contributed by atoms with van der Waals surface area (Å²) in [6, 6.07) is 0.282. The standard InChI is InChI=1S/C16H32N2O2/c1-4-5-6-7-13(2)17-16(20)12-18-10-8-15(9-11-18)14(3)19/h13-15,19H,4-12H2,1-3H3,(H,17,20). The molecule has 1 aliphatic rings. The Labute approximate surface area is 123 Å². The fourth-order valence-corrected chi connectivity index (χ4v) is 2.89. The fourth-order valence-electron chi connectivity index (χ4n) is 2.89. The van der Waals surface area contributed by atoms with E-state index < -0.39 is 0 Å². The number of nitrogens with one attached hydrogen (secondary N) is 1. The summed E-state index contributed by atoms with van der Waals surface area (Å²) in [6.07, 6.45) is 6.51. The van der Waals surface area contributed by atoms with Crippen molar-refractivity contribution in [2.75, 3.05) is 19.6 Å². The average Bonchev–Trinajstić information content (AvgIpc) is 2.39. The molecule has 1 rings (SSSR count). The minimum absolute atomic E-state index is 0.143. The second kappa shape index (κ2) is 9.35. The highest BCUT2D eigenvalue weighted by atomic mass is 16.3. The lowest BCUT2D eigenvalue weighted by atomic mass is 9.92. The molecule has 1 amide bonds. The van der Waals surface area contributed by atoms with Crippen LogP contribution in [0.15, 0.2) is 0 Å². The molecule has 0 radical (unpaired) electrons. The summed E-state index contributed by atoms with van der Waals surface area (Å²) in [5, 5.41) is 12.7. The first-order valence-corrected chi connectivity index (χ1v) is 8.22. The number of carbonyl (C=O) groups excluding carboxylic acids is 1. The summed E-state index contributed by atoms with van der Waals surface area (Å²) >= 11 is 0. The van der Waals surface area contributed by atoms with Crippen LogP contribution in [0.2, 0.25) is 0 Å². The van der Waals surface area contributed by atoms with Crippen molar-refractivity contribution in [2.24, 2.45) is 5.92 Å². The molecule has 0 bridgehead atoms. The van der Waals surface area contributed by atoms with Gasteiger partial charge in [-0.2, -0.15) is 0 Å². The number of amides is 1. The molecule has 1 saturated heterocycles. The van der Waals surface area contributed by atoms with Crippen LogP contribution in [-0.4, -0.2) is 47.7 Å². The Morgan fingerprint density at radius 1 is 1.30 bits per heavy atom. The van der Waals surface area contributed by atoms with Crippen LogP contribution in [0.5, 0.6) is 0 Å². The number of likely N-dealkylation sites (tertiary alicyclic amines) is 1. The third-order valence-corrected chi connectivity index (χ3v) is 4.33. The van der Waals surface area contributed by atoms with E-state index in [1.54, 1.807) is 0 Å². The maximum atomic E-state index is 12.0. The molecule has 2 N–H and O–H groups in total. The van der Waals surface area contributed by atoms with Crippen molar-refractivity contribution in [1.82, 2.24) is 10.2 Å². The Kier molecular flexibility index (Phi) is 8.15. The van der Waals surface area contributed by atoms with Crippen molar-refractivity contribution in [1.29, 1.82) is 0 Å².